The molecule has 0 radical (unpaired) electrons. The summed E-state index contributed by atoms with van der Waals surface area (Å²) >= 11 is 0. The highest BCUT2D eigenvalue weighted by Crippen LogP contribution is 1.91. The second kappa shape index (κ2) is 0.863. The third kappa shape index (κ3) is 0.173. The van der Waals surface area contributed by atoms with Gasteiger partial charge in [0, 0.05) is 6.61 Å². The molecule has 0 unspecified atom stereocenters. The van der Waals surface area contributed by atoms with Crippen LogP contribution in [0.5, 0.6) is 0 Å². The summed E-state index contributed by atoms with van der Waals surface area (Å²) in [5.41, 5.74) is 0. The van der Waals surface area contributed by atoms with Crippen LogP contribution in [0.2, 0.25) is 6.04 Å². The van der Waals surface area contributed by atoms with Crippen LogP contribution in [0.15, 0.2) is 0 Å². The maximum Gasteiger partial charge on any atom is 0.163 e. The van der Waals surface area contributed by atoms with Crippen molar-refractivity contribution < 1.29 is 4.43 Å². The quantitative estimate of drug-likeness (QED) is 0.353. The molecular weight excluding hydrogens is 68.1 g/mol. The molecule has 1 aliphatic heterocycles. The molecule has 0 saturated carbocycles. The molecule has 0 aromatic heterocycles. The highest BCUT2D eigenvalue weighted by atomic mass is 28.2. The highest BCUT2D eigenvalue weighted by molar-refractivity contribution is 6.30. The second-order valence-electron chi connectivity index (χ2n) is 0.966. The highest BCUT2D eigenvalue weighted by Gasteiger charge is 1.96. The van der Waals surface area contributed by atoms with E-state index >= 15 is 0 Å². The predicted molar refractivity (Wildman–Crippen MR) is 19.3 cm³/mol. The molecule has 0 aromatic rings. The van der Waals surface area contributed by atoms with Gasteiger partial charge in [-0.25, -0.2) is 0 Å². The van der Waals surface area contributed by atoms with E-state index in [-0.39, 0.29) is 9.76 Å². The molecule has 0 atom stereocenters. The van der Waals surface area contributed by atoms with Crippen LogP contribution in [-0.4, -0.2) is 16.4 Å². The minimum absolute atomic E-state index is 0.105. The van der Waals surface area contributed by atoms with Gasteiger partial charge in [-0.05, 0) is 6.04 Å². The largest absolute Gasteiger partial charge is 0.424 e. The van der Waals surface area contributed by atoms with Crippen molar-refractivity contribution in [3.05, 3.63) is 0 Å². The summed E-state index contributed by atoms with van der Waals surface area (Å²) in [6, 6.07) is 1.42. The van der Waals surface area contributed by atoms with Crippen molar-refractivity contribution in [2.75, 3.05) is 6.61 Å². The van der Waals surface area contributed by atoms with E-state index in [4.69, 9.17) is 4.43 Å². The Morgan fingerprint density at radius 2 is 2.00 bits per heavy atom. The fourth-order valence-electron chi connectivity index (χ4n) is 0.144. The summed E-state index contributed by atoms with van der Waals surface area (Å²) in [4.78, 5) is 0. The van der Waals surface area contributed by atoms with E-state index in [1.165, 1.54) is 6.04 Å². The molecule has 1 nitrogen and oxygen atoms in total. The minimum Gasteiger partial charge on any atom is -0.424 e. The lowest BCUT2D eigenvalue weighted by Gasteiger charge is -2.08. The third-order valence-electron chi connectivity index (χ3n) is 0.577. The van der Waals surface area contributed by atoms with Crippen LogP contribution in [0.25, 0.3) is 0 Å². The zero-order valence-corrected chi connectivity index (χ0v) is 3.94. The van der Waals surface area contributed by atoms with Gasteiger partial charge >= 0.3 is 0 Å². The third-order valence-corrected chi connectivity index (χ3v) is 1.73. The standard InChI is InChI=1S/C2H6OSi/c1-2-4-3-1/h1-2,4H2. The number of hydrogen-bond donors (Lipinski definition) is 0. The van der Waals surface area contributed by atoms with Crippen molar-refractivity contribution in [3.63, 3.8) is 0 Å². The number of hydrogen-bond acceptors (Lipinski definition) is 1. The summed E-state index contributed by atoms with van der Waals surface area (Å²) < 4.78 is 4.86. The van der Waals surface area contributed by atoms with E-state index in [0.717, 1.165) is 6.61 Å². The Balaban J connectivity index is 2.00. The molecule has 24 valence electrons. The Hall–Kier alpha value is 0.177. The van der Waals surface area contributed by atoms with Gasteiger partial charge in [0.2, 0.25) is 0 Å². The summed E-state index contributed by atoms with van der Waals surface area (Å²) in [5.74, 6) is 0. The molecular formula is C2H6OSi. The predicted octanol–water partition coefficient (Wildman–Crippen LogP) is -0.481. The van der Waals surface area contributed by atoms with Crippen molar-refractivity contribution >= 4 is 9.76 Å². The molecule has 1 rings (SSSR count). The minimum atomic E-state index is 0.105. The van der Waals surface area contributed by atoms with Crippen LogP contribution in [0.1, 0.15) is 0 Å². The smallest absolute Gasteiger partial charge is 0.163 e. The fourth-order valence-corrected chi connectivity index (χ4v) is 0.433. The molecule has 2 heteroatoms. The van der Waals surface area contributed by atoms with Crippen LogP contribution in [0, 0.1) is 0 Å². The average molecular weight is 74.2 g/mol. The normalized spacial score (nSPS) is 30.0. The van der Waals surface area contributed by atoms with Gasteiger partial charge in [0.15, 0.2) is 9.76 Å². The Labute approximate surface area is 27.9 Å². The second-order valence-corrected chi connectivity index (χ2v) is 2.49. The van der Waals surface area contributed by atoms with Gasteiger partial charge in [0.05, 0.1) is 0 Å². The van der Waals surface area contributed by atoms with Crippen LogP contribution >= 0.6 is 0 Å². The molecule has 1 saturated heterocycles. The monoisotopic (exact) mass is 74.0 g/mol. The molecule has 1 aliphatic rings. The van der Waals surface area contributed by atoms with E-state index in [0.29, 0.717) is 0 Å². The van der Waals surface area contributed by atoms with E-state index in [9.17, 15) is 0 Å². The van der Waals surface area contributed by atoms with E-state index in [2.05, 4.69) is 0 Å². The van der Waals surface area contributed by atoms with Crippen molar-refractivity contribution in [3.8, 4) is 0 Å². The Bertz CT molecular complexity index is 14.0. The van der Waals surface area contributed by atoms with Crippen LogP contribution < -0.4 is 0 Å². The van der Waals surface area contributed by atoms with Gasteiger partial charge in [-0.2, -0.15) is 0 Å². The molecule has 0 spiro atoms. The average Bonchev–Trinajstić information content (AvgIpc) is 0.722. The molecule has 0 bridgehead atoms. The molecule has 1 heterocycles. The van der Waals surface area contributed by atoms with E-state index in [1.54, 1.807) is 0 Å². The van der Waals surface area contributed by atoms with Crippen LogP contribution in [0.4, 0.5) is 0 Å². The van der Waals surface area contributed by atoms with E-state index < -0.39 is 0 Å². The van der Waals surface area contributed by atoms with Gasteiger partial charge in [-0.15, -0.1) is 0 Å². The van der Waals surface area contributed by atoms with E-state index in [1.807, 2.05) is 0 Å². The maximum absolute atomic E-state index is 4.86. The summed E-state index contributed by atoms with van der Waals surface area (Å²) in [7, 11) is 0.105. The Morgan fingerprint density at radius 1 is 1.75 bits per heavy atom. The molecule has 0 aliphatic carbocycles. The fraction of sp³-hybridized carbons (Fsp3) is 1.00. The zero-order chi connectivity index (χ0) is 2.83. The molecule has 4 heavy (non-hydrogen) atoms. The van der Waals surface area contributed by atoms with Gasteiger partial charge in [0.1, 0.15) is 0 Å². The van der Waals surface area contributed by atoms with Crippen molar-refractivity contribution in [1.29, 1.82) is 0 Å². The summed E-state index contributed by atoms with van der Waals surface area (Å²) in [6.07, 6.45) is 0. The first-order chi connectivity index (χ1) is 2.00. The molecule has 0 N–H and O–H groups in total. The van der Waals surface area contributed by atoms with Crippen molar-refractivity contribution in [1.82, 2.24) is 0 Å². The van der Waals surface area contributed by atoms with Crippen molar-refractivity contribution in [2.45, 2.75) is 6.04 Å². The Kier molecular flexibility index (Phi) is 0.521. The number of rotatable bonds is 0. The lowest BCUT2D eigenvalue weighted by atomic mass is 10.9. The zero-order valence-electron chi connectivity index (χ0n) is 2.53. The lowest BCUT2D eigenvalue weighted by Crippen LogP contribution is -2.12. The SMILES string of the molecule is C1C[SiH2]O1. The molecule has 1 fully saturated rings. The van der Waals surface area contributed by atoms with Gasteiger partial charge in [0.25, 0.3) is 0 Å². The van der Waals surface area contributed by atoms with Gasteiger partial charge in [-0.1, -0.05) is 0 Å². The van der Waals surface area contributed by atoms with Crippen LogP contribution in [0.3, 0.4) is 0 Å². The topological polar surface area (TPSA) is 9.23 Å². The first-order valence-corrected chi connectivity index (χ1v) is 3.15. The molecule has 0 aromatic carbocycles. The van der Waals surface area contributed by atoms with Gasteiger partial charge < -0.3 is 4.43 Å². The summed E-state index contributed by atoms with van der Waals surface area (Å²) in [6.45, 7) is 1.06. The Morgan fingerprint density at radius 3 is 2.00 bits per heavy atom. The lowest BCUT2D eigenvalue weighted by molar-refractivity contribution is 0.301. The van der Waals surface area contributed by atoms with Gasteiger partial charge in [-0.3, -0.25) is 0 Å². The molecule has 0 amide bonds. The van der Waals surface area contributed by atoms with Crippen LogP contribution in [-0.2, 0) is 4.43 Å². The first-order valence-electron chi connectivity index (χ1n) is 1.58. The van der Waals surface area contributed by atoms with Crippen molar-refractivity contribution in [2.24, 2.45) is 0 Å². The first kappa shape index (κ1) is 2.42. The summed E-state index contributed by atoms with van der Waals surface area (Å²) in [5, 5.41) is 0. The maximum atomic E-state index is 4.86.